The van der Waals surface area contributed by atoms with E-state index in [1.54, 1.807) is 4.68 Å². The van der Waals surface area contributed by atoms with Crippen molar-refractivity contribution in [1.29, 1.82) is 0 Å². The first-order valence-electron chi connectivity index (χ1n) is 7.78. The van der Waals surface area contributed by atoms with Gasteiger partial charge < -0.3 is 10.1 Å². The monoisotopic (exact) mass is 325 g/mol. The number of fused-ring (bicyclic) bond motifs is 1. The zero-order valence-corrected chi connectivity index (χ0v) is 13.7. The number of aryl methyl sites for hydroxylation is 1. The van der Waals surface area contributed by atoms with E-state index in [0.717, 1.165) is 12.0 Å². The molecule has 7 nitrogen and oxygen atoms in total. The summed E-state index contributed by atoms with van der Waals surface area (Å²) in [5.74, 6) is 0.0861. The largest absolute Gasteiger partial charge is 0.458 e. The molecular formula is C17H19N5O2. The zero-order chi connectivity index (χ0) is 17.1. The summed E-state index contributed by atoms with van der Waals surface area (Å²) in [6.45, 7) is 7.64. The van der Waals surface area contributed by atoms with Crippen molar-refractivity contribution in [3.05, 3.63) is 59.3 Å². The van der Waals surface area contributed by atoms with Gasteiger partial charge in [-0.05, 0) is 34.9 Å². The van der Waals surface area contributed by atoms with Gasteiger partial charge in [-0.25, -0.2) is 4.79 Å². The third-order valence-corrected chi connectivity index (χ3v) is 3.97. The molecule has 1 aliphatic heterocycles. The Labute approximate surface area is 140 Å². The van der Waals surface area contributed by atoms with Crippen LogP contribution in [0.1, 0.15) is 31.0 Å². The summed E-state index contributed by atoms with van der Waals surface area (Å²) in [5, 5.41) is 14.8. The van der Waals surface area contributed by atoms with E-state index >= 15 is 0 Å². The SMILES string of the molecule is C=CCOC(=O)C1=C(C)Nc2nnnn2C1c1ccc(CC)cc1. The van der Waals surface area contributed by atoms with Gasteiger partial charge in [-0.1, -0.05) is 48.9 Å². The number of esters is 1. The van der Waals surface area contributed by atoms with E-state index in [4.69, 9.17) is 4.74 Å². The van der Waals surface area contributed by atoms with Gasteiger partial charge in [0.1, 0.15) is 12.6 Å². The van der Waals surface area contributed by atoms with Gasteiger partial charge in [0.05, 0.1) is 5.57 Å². The molecule has 0 radical (unpaired) electrons. The Balaban J connectivity index is 2.06. The lowest BCUT2D eigenvalue weighted by Gasteiger charge is -2.27. The van der Waals surface area contributed by atoms with E-state index in [0.29, 0.717) is 17.2 Å². The van der Waals surface area contributed by atoms with Crippen molar-refractivity contribution >= 4 is 11.9 Å². The molecule has 0 bridgehead atoms. The summed E-state index contributed by atoms with van der Waals surface area (Å²) in [7, 11) is 0. The average Bonchev–Trinajstić information content (AvgIpc) is 3.06. The van der Waals surface area contributed by atoms with Crippen LogP contribution in [0.25, 0.3) is 0 Å². The highest BCUT2D eigenvalue weighted by Crippen LogP contribution is 2.34. The maximum Gasteiger partial charge on any atom is 0.338 e. The van der Waals surface area contributed by atoms with E-state index < -0.39 is 12.0 Å². The standard InChI is InChI=1S/C17H19N5O2/c1-4-10-24-16(23)14-11(3)18-17-19-20-21-22(17)15(14)13-8-6-12(5-2)7-9-13/h4,6-9,15H,1,5,10H2,2-3H3,(H,18,19,21). The fourth-order valence-electron chi connectivity index (χ4n) is 2.73. The van der Waals surface area contributed by atoms with Crippen molar-refractivity contribution in [2.45, 2.75) is 26.3 Å². The minimum absolute atomic E-state index is 0.152. The fraction of sp³-hybridized carbons (Fsp3) is 0.294. The second kappa shape index (κ2) is 6.66. The van der Waals surface area contributed by atoms with E-state index in [1.165, 1.54) is 11.6 Å². The summed E-state index contributed by atoms with van der Waals surface area (Å²) in [4.78, 5) is 12.6. The molecule has 0 fully saturated rings. The molecule has 1 N–H and O–H groups in total. The van der Waals surface area contributed by atoms with Gasteiger partial charge in [-0.2, -0.15) is 4.68 Å². The van der Waals surface area contributed by atoms with E-state index in [-0.39, 0.29) is 6.61 Å². The molecule has 1 atom stereocenters. The molecule has 3 rings (SSSR count). The summed E-state index contributed by atoms with van der Waals surface area (Å²) in [6.07, 6.45) is 2.49. The van der Waals surface area contributed by atoms with E-state index in [9.17, 15) is 4.79 Å². The maximum absolute atomic E-state index is 12.6. The number of ether oxygens (including phenoxy) is 1. The summed E-state index contributed by atoms with van der Waals surface area (Å²) in [6, 6.07) is 7.65. The van der Waals surface area contributed by atoms with Crippen molar-refractivity contribution in [2.75, 3.05) is 11.9 Å². The van der Waals surface area contributed by atoms with Crippen LogP contribution in [-0.2, 0) is 16.0 Å². The molecular weight excluding hydrogens is 306 g/mol. The number of carbonyl (C=O) groups excluding carboxylic acids is 1. The highest BCUT2D eigenvalue weighted by atomic mass is 16.5. The van der Waals surface area contributed by atoms with Crippen LogP contribution in [0.15, 0.2) is 48.2 Å². The minimum Gasteiger partial charge on any atom is -0.458 e. The second-order valence-corrected chi connectivity index (χ2v) is 5.50. The van der Waals surface area contributed by atoms with Crippen LogP contribution in [0, 0.1) is 0 Å². The molecule has 0 amide bonds. The normalized spacial score (nSPS) is 16.3. The van der Waals surface area contributed by atoms with Crippen LogP contribution in [0.5, 0.6) is 0 Å². The first-order chi connectivity index (χ1) is 11.7. The van der Waals surface area contributed by atoms with Gasteiger partial charge >= 0.3 is 5.97 Å². The topological polar surface area (TPSA) is 81.9 Å². The zero-order valence-electron chi connectivity index (χ0n) is 13.7. The number of allylic oxidation sites excluding steroid dienone is 1. The van der Waals surface area contributed by atoms with Crippen LogP contribution in [-0.4, -0.2) is 32.8 Å². The molecule has 1 aromatic heterocycles. The molecule has 0 saturated carbocycles. The molecule has 0 spiro atoms. The molecule has 1 unspecified atom stereocenters. The molecule has 0 aliphatic carbocycles. The van der Waals surface area contributed by atoms with Gasteiger partial charge in [0.25, 0.3) is 0 Å². The molecule has 7 heteroatoms. The first-order valence-corrected chi connectivity index (χ1v) is 7.78. The van der Waals surface area contributed by atoms with Crippen LogP contribution < -0.4 is 5.32 Å². The van der Waals surface area contributed by atoms with E-state index in [2.05, 4.69) is 34.3 Å². The second-order valence-electron chi connectivity index (χ2n) is 5.50. The third-order valence-electron chi connectivity index (χ3n) is 3.97. The van der Waals surface area contributed by atoms with Crippen molar-refractivity contribution in [3.63, 3.8) is 0 Å². The van der Waals surface area contributed by atoms with Crippen molar-refractivity contribution in [1.82, 2.24) is 20.2 Å². The maximum atomic E-state index is 12.6. The van der Waals surface area contributed by atoms with Crippen LogP contribution in [0.2, 0.25) is 0 Å². The smallest absolute Gasteiger partial charge is 0.338 e. The Bertz CT molecular complexity index is 792. The Kier molecular flexibility index (Phi) is 4.41. The summed E-state index contributed by atoms with van der Waals surface area (Å²) >= 11 is 0. The molecule has 2 heterocycles. The van der Waals surface area contributed by atoms with E-state index in [1.807, 2.05) is 31.2 Å². The lowest BCUT2D eigenvalue weighted by molar-refractivity contribution is -0.138. The predicted molar refractivity (Wildman–Crippen MR) is 89.3 cm³/mol. The molecule has 2 aromatic rings. The van der Waals surface area contributed by atoms with Crippen LogP contribution in [0.4, 0.5) is 5.95 Å². The Morgan fingerprint density at radius 3 is 2.83 bits per heavy atom. The number of nitrogens with zero attached hydrogens (tertiary/aromatic N) is 4. The number of nitrogens with one attached hydrogen (secondary N) is 1. The van der Waals surface area contributed by atoms with Crippen LogP contribution >= 0.6 is 0 Å². The van der Waals surface area contributed by atoms with Crippen molar-refractivity contribution in [2.24, 2.45) is 0 Å². The van der Waals surface area contributed by atoms with Gasteiger partial charge in [-0.15, -0.1) is 0 Å². The number of aromatic nitrogens is 4. The number of benzene rings is 1. The molecule has 0 saturated heterocycles. The number of carbonyl (C=O) groups is 1. The van der Waals surface area contributed by atoms with Gasteiger partial charge in [0.15, 0.2) is 0 Å². The summed E-state index contributed by atoms with van der Waals surface area (Å²) in [5.41, 5.74) is 3.31. The van der Waals surface area contributed by atoms with Crippen molar-refractivity contribution < 1.29 is 9.53 Å². The quantitative estimate of drug-likeness (QED) is 0.671. The minimum atomic E-state index is -0.431. The molecule has 1 aromatic carbocycles. The number of hydrogen-bond acceptors (Lipinski definition) is 6. The van der Waals surface area contributed by atoms with Crippen molar-refractivity contribution in [3.8, 4) is 0 Å². The Morgan fingerprint density at radius 1 is 1.42 bits per heavy atom. The predicted octanol–water partition coefficient (Wildman–Crippen LogP) is 2.25. The summed E-state index contributed by atoms with van der Waals surface area (Å²) < 4.78 is 6.85. The number of rotatable bonds is 5. The number of tetrazole rings is 1. The highest BCUT2D eigenvalue weighted by molar-refractivity contribution is 5.92. The third kappa shape index (κ3) is 2.80. The number of hydrogen-bond donors (Lipinski definition) is 1. The molecule has 1 aliphatic rings. The Hall–Kier alpha value is -2.96. The molecule has 124 valence electrons. The lowest BCUT2D eigenvalue weighted by Crippen LogP contribution is -2.29. The lowest BCUT2D eigenvalue weighted by atomic mass is 9.95. The van der Waals surface area contributed by atoms with Gasteiger partial charge in [-0.3, -0.25) is 0 Å². The molecule has 24 heavy (non-hydrogen) atoms. The average molecular weight is 325 g/mol. The first kappa shape index (κ1) is 15.9. The van der Waals surface area contributed by atoms with Gasteiger partial charge in [0.2, 0.25) is 5.95 Å². The number of anilines is 1. The van der Waals surface area contributed by atoms with Crippen LogP contribution in [0.3, 0.4) is 0 Å². The Morgan fingerprint density at radius 2 is 2.17 bits per heavy atom. The van der Waals surface area contributed by atoms with Gasteiger partial charge in [0, 0.05) is 5.70 Å². The highest BCUT2D eigenvalue weighted by Gasteiger charge is 2.34. The fourth-order valence-corrected chi connectivity index (χ4v) is 2.73.